The minimum absolute atomic E-state index is 0.227. The summed E-state index contributed by atoms with van der Waals surface area (Å²) in [4.78, 5) is 39.0. The van der Waals surface area contributed by atoms with E-state index in [1.54, 1.807) is 30.3 Å². The number of phenols is 1. The molecule has 0 saturated carbocycles. The second-order valence-electron chi connectivity index (χ2n) is 6.12. The minimum atomic E-state index is -1.30. The van der Waals surface area contributed by atoms with E-state index in [1.807, 2.05) is 0 Å². The molecule has 1 fully saturated rings. The monoisotopic (exact) mass is 428 g/mol. The average Bonchev–Trinajstić information content (AvgIpc) is 3.03. The van der Waals surface area contributed by atoms with Crippen molar-refractivity contribution in [2.24, 2.45) is 4.99 Å². The third kappa shape index (κ3) is 4.78. The summed E-state index contributed by atoms with van der Waals surface area (Å²) in [5.41, 5.74) is 0.455. The van der Waals surface area contributed by atoms with Gasteiger partial charge in [-0.2, -0.15) is 0 Å². The van der Waals surface area contributed by atoms with Crippen molar-refractivity contribution in [3.63, 3.8) is 0 Å². The Balaban J connectivity index is 1.86. The number of aromatic hydroxyl groups is 1. The number of aliphatic carboxylic acids is 1. The molecule has 1 amide bonds. The zero-order valence-corrected chi connectivity index (χ0v) is 16.3. The van der Waals surface area contributed by atoms with E-state index in [-0.39, 0.29) is 22.2 Å². The summed E-state index contributed by atoms with van der Waals surface area (Å²) in [6.45, 7) is 1.40. The number of rotatable bonds is 6. The second-order valence-corrected chi connectivity index (χ2v) is 7.16. The van der Waals surface area contributed by atoms with E-state index in [4.69, 9.17) is 14.9 Å². The van der Waals surface area contributed by atoms with Crippen LogP contribution in [0.2, 0.25) is 0 Å². The Bertz CT molecular complexity index is 1090. The summed E-state index contributed by atoms with van der Waals surface area (Å²) in [5, 5.41) is 30.5. The molecule has 1 atom stereocenters. The number of para-hydroxylation sites is 1. The van der Waals surface area contributed by atoms with Gasteiger partial charge in [0.2, 0.25) is 0 Å². The van der Waals surface area contributed by atoms with Gasteiger partial charge >= 0.3 is 11.9 Å². The summed E-state index contributed by atoms with van der Waals surface area (Å²) in [7, 11) is 0. The molecule has 1 unspecified atom stereocenters. The normalized spacial score (nSPS) is 17.0. The quantitative estimate of drug-likeness (QED) is 0.514. The SMILES string of the molecule is CC(Oc1ccccc1/C=C1\SC(=Nc2ccc(O)c(C(=O)O)c2)NC1=O)C(=O)O. The Morgan fingerprint density at radius 1 is 1.20 bits per heavy atom. The molecule has 1 aliphatic heterocycles. The van der Waals surface area contributed by atoms with Crippen molar-refractivity contribution < 1.29 is 34.4 Å². The topological polar surface area (TPSA) is 146 Å². The Hall–Kier alpha value is -3.79. The van der Waals surface area contributed by atoms with Gasteiger partial charge in [0.05, 0.1) is 10.6 Å². The van der Waals surface area contributed by atoms with Crippen LogP contribution < -0.4 is 10.1 Å². The van der Waals surface area contributed by atoms with Crippen LogP contribution in [0.4, 0.5) is 5.69 Å². The van der Waals surface area contributed by atoms with Gasteiger partial charge < -0.3 is 25.4 Å². The van der Waals surface area contributed by atoms with Crippen LogP contribution in [-0.4, -0.2) is 44.4 Å². The van der Waals surface area contributed by atoms with Gasteiger partial charge in [-0.25, -0.2) is 14.6 Å². The van der Waals surface area contributed by atoms with Crippen LogP contribution in [-0.2, 0) is 9.59 Å². The molecule has 0 bridgehead atoms. The number of carboxylic acid groups (broad SMARTS) is 2. The fourth-order valence-electron chi connectivity index (χ4n) is 2.45. The van der Waals surface area contributed by atoms with Crippen molar-refractivity contribution in [3.8, 4) is 11.5 Å². The smallest absolute Gasteiger partial charge is 0.344 e. The van der Waals surface area contributed by atoms with Crippen molar-refractivity contribution in [1.82, 2.24) is 5.32 Å². The molecular weight excluding hydrogens is 412 g/mol. The molecule has 1 heterocycles. The molecule has 154 valence electrons. The third-order valence-electron chi connectivity index (χ3n) is 3.95. The number of carbonyl (C=O) groups excluding carboxylic acids is 1. The van der Waals surface area contributed by atoms with E-state index in [1.165, 1.54) is 25.1 Å². The Morgan fingerprint density at radius 3 is 2.63 bits per heavy atom. The van der Waals surface area contributed by atoms with Crippen molar-refractivity contribution in [3.05, 3.63) is 58.5 Å². The van der Waals surface area contributed by atoms with Gasteiger partial charge in [0.15, 0.2) is 11.3 Å². The third-order valence-corrected chi connectivity index (χ3v) is 4.86. The predicted molar refractivity (Wildman–Crippen MR) is 110 cm³/mol. The molecule has 3 rings (SSSR count). The fraction of sp³-hybridized carbons (Fsp3) is 0.100. The van der Waals surface area contributed by atoms with E-state index in [2.05, 4.69) is 10.3 Å². The molecule has 4 N–H and O–H groups in total. The standard InChI is InChI=1S/C20H16N2O7S/c1-10(18(25)26)29-15-5-3-2-4-11(15)8-16-17(24)22-20(30-16)21-12-6-7-14(23)13(9-12)19(27)28/h2-10,23H,1H3,(H,25,26)(H,27,28)(H,21,22,24)/b16-8-. The molecular formula is C20H16N2O7S. The highest BCUT2D eigenvalue weighted by atomic mass is 32.2. The molecule has 1 aliphatic rings. The van der Waals surface area contributed by atoms with Crippen LogP contribution >= 0.6 is 11.8 Å². The number of hydrogen-bond donors (Lipinski definition) is 4. The lowest BCUT2D eigenvalue weighted by Crippen LogP contribution is -2.23. The van der Waals surface area contributed by atoms with Gasteiger partial charge in [-0.1, -0.05) is 18.2 Å². The van der Waals surface area contributed by atoms with Crippen molar-refractivity contribution in [2.75, 3.05) is 0 Å². The van der Waals surface area contributed by atoms with Gasteiger partial charge in [-0.3, -0.25) is 4.79 Å². The molecule has 0 aromatic heterocycles. The number of nitrogens with zero attached hydrogens (tertiary/aromatic N) is 1. The summed E-state index contributed by atoms with van der Waals surface area (Å²) in [6.07, 6.45) is 0.482. The number of carbonyl (C=O) groups is 3. The van der Waals surface area contributed by atoms with Crippen molar-refractivity contribution in [1.29, 1.82) is 0 Å². The van der Waals surface area contributed by atoms with Crippen LogP contribution in [0.1, 0.15) is 22.8 Å². The number of nitrogens with one attached hydrogen (secondary N) is 1. The highest BCUT2D eigenvalue weighted by molar-refractivity contribution is 8.18. The maximum absolute atomic E-state index is 12.3. The molecule has 0 aliphatic carbocycles. The van der Waals surface area contributed by atoms with Gasteiger partial charge in [-0.15, -0.1) is 0 Å². The van der Waals surface area contributed by atoms with Crippen molar-refractivity contribution >= 4 is 46.5 Å². The summed E-state index contributed by atoms with van der Waals surface area (Å²) in [6, 6.07) is 10.5. The highest BCUT2D eigenvalue weighted by Crippen LogP contribution is 2.32. The average molecular weight is 428 g/mol. The number of carboxylic acids is 2. The van der Waals surface area contributed by atoms with E-state index in [0.717, 1.165) is 11.8 Å². The molecule has 1 saturated heterocycles. The second kappa shape index (κ2) is 8.70. The Kier molecular flexibility index (Phi) is 6.07. The van der Waals surface area contributed by atoms with Gasteiger partial charge in [0.1, 0.15) is 17.1 Å². The highest BCUT2D eigenvalue weighted by Gasteiger charge is 2.25. The lowest BCUT2D eigenvalue weighted by Gasteiger charge is -2.12. The number of amides is 1. The van der Waals surface area contributed by atoms with Crippen LogP contribution in [0.15, 0.2) is 52.4 Å². The first kappa shape index (κ1) is 20.9. The van der Waals surface area contributed by atoms with Crippen LogP contribution in [0, 0.1) is 0 Å². The molecule has 0 radical (unpaired) electrons. The number of amidine groups is 1. The Morgan fingerprint density at radius 2 is 1.93 bits per heavy atom. The number of benzene rings is 2. The van der Waals surface area contributed by atoms with Gasteiger partial charge in [0, 0.05) is 5.56 Å². The van der Waals surface area contributed by atoms with E-state index >= 15 is 0 Å². The van der Waals surface area contributed by atoms with Crippen molar-refractivity contribution in [2.45, 2.75) is 13.0 Å². The summed E-state index contributed by atoms with van der Waals surface area (Å²) >= 11 is 1.03. The maximum atomic E-state index is 12.3. The Labute approximate surface area is 174 Å². The molecule has 30 heavy (non-hydrogen) atoms. The molecule has 0 spiro atoms. The van der Waals surface area contributed by atoms with E-state index < -0.39 is 23.9 Å². The van der Waals surface area contributed by atoms with Gasteiger partial charge in [0.25, 0.3) is 5.91 Å². The number of hydrogen-bond acceptors (Lipinski definition) is 7. The molecule has 10 heteroatoms. The van der Waals surface area contributed by atoms with Crippen LogP contribution in [0.5, 0.6) is 11.5 Å². The first-order valence-corrected chi connectivity index (χ1v) is 9.40. The zero-order valence-electron chi connectivity index (χ0n) is 15.5. The number of aliphatic imine (C=N–C) groups is 1. The first-order valence-electron chi connectivity index (χ1n) is 8.59. The number of thioether (sulfide) groups is 1. The molecule has 9 nitrogen and oxygen atoms in total. The molecule has 2 aromatic rings. The van der Waals surface area contributed by atoms with Gasteiger partial charge in [-0.05, 0) is 49.0 Å². The minimum Gasteiger partial charge on any atom is -0.507 e. The lowest BCUT2D eigenvalue weighted by molar-refractivity contribution is -0.144. The first-order chi connectivity index (χ1) is 14.2. The largest absolute Gasteiger partial charge is 0.507 e. The number of ether oxygens (including phenoxy) is 1. The number of aromatic carboxylic acids is 1. The van der Waals surface area contributed by atoms with E-state index in [9.17, 15) is 19.5 Å². The molecule has 2 aromatic carbocycles. The zero-order chi connectivity index (χ0) is 21.8. The van der Waals surface area contributed by atoms with Crippen LogP contribution in [0.3, 0.4) is 0 Å². The lowest BCUT2D eigenvalue weighted by atomic mass is 10.2. The maximum Gasteiger partial charge on any atom is 0.344 e. The van der Waals surface area contributed by atoms with Crippen LogP contribution in [0.25, 0.3) is 6.08 Å². The summed E-state index contributed by atoms with van der Waals surface area (Å²) < 4.78 is 5.43. The summed E-state index contributed by atoms with van der Waals surface area (Å²) in [5.74, 6) is -2.91. The predicted octanol–water partition coefficient (Wildman–Crippen LogP) is 2.83. The van der Waals surface area contributed by atoms with E-state index in [0.29, 0.717) is 16.2 Å². The fourth-order valence-corrected chi connectivity index (χ4v) is 3.28.